The third-order valence-corrected chi connectivity index (χ3v) is 4.52. The van der Waals surface area contributed by atoms with Crippen LogP contribution in [0.5, 0.6) is 5.75 Å². The van der Waals surface area contributed by atoms with Crippen LogP contribution in [0.2, 0.25) is 0 Å². The average Bonchev–Trinajstić information content (AvgIpc) is 2.77. The van der Waals surface area contributed by atoms with E-state index in [1.165, 1.54) is 4.90 Å². The van der Waals surface area contributed by atoms with Crippen LogP contribution in [-0.2, 0) is 0 Å². The summed E-state index contributed by atoms with van der Waals surface area (Å²) in [7, 11) is 3.18. The lowest BCUT2D eigenvalue weighted by molar-refractivity contribution is 0.0697. The zero-order chi connectivity index (χ0) is 20.8. The van der Waals surface area contributed by atoms with Gasteiger partial charge in [0.25, 0.3) is 5.91 Å². The number of carboxylic acid groups (broad SMARTS) is 1. The van der Waals surface area contributed by atoms with Gasteiger partial charge in [-0.15, -0.1) is 0 Å². The van der Waals surface area contributed by atoms with Crippen molar-refractivity contribution in [2.45, 2.75) is 0 Å². The monoisotopic (exact) mass is 387 g/mol. The molecule has 5 nitrogen and oxygen atoms in total. The normalized spacial score (nSPS) is 10.7. The van der Waals surface area contributed by atoms with Crippen molar-refractivity contribution in [3.8, 4) is 5.75 Å². The van der Waals surface area contributed by atoms with Gasteiger partial charge in [0.2, 0.25) is 0 Å². The van der Waals surface area contributed by atoms with Crippen LogP contribution in [0.4, 0.5) is 5.69 Å². The van der Waals surface area contributed by atoms with Gasteiger partial charge in [-0.1, -0.05) is 48.6 Å². The van der Waals surface area contributed by atoms with Crippen molar-refractivity contribution in [3.05, 3.63) is 95.1 Å². The number of methoxy groups -OCH3 is 1. The Bertz CT molecular complexity index is 1040. The van der Waals surface area contributed by atoms with Crippen molar-refractivity contribution in [1.29, 1.82) is 0 Å². The molecule has 0 aromatic heterocycles. The number of rotatable bonds is 6. The van der Waals surface area contributed by atoms with E-state index in [0.29, 0.717) is 11.3 Å². The largest absolute Gasteiger partial charge is 0.497 e. The molecule has 146 valence electrons. The molecule has 0 saturated carbocycles. The Morgan fingerprint density at radius 3 is 2.14 bits per heavy atom. The molecular formula is C24H21NO4. The van der Waals surface area contributed by atoms with Gasteiger partial charge in [-0.2, -0.15) is 0 Å². The highest BCUT2D eigenvalue weighted by Gasteiger charge is 2.19. The number of anilines is 1. The van der Waals surface area contributed by atoms with Crippen molar-refractivity contribution >= 4 is 29.7 Å². The number of ether oxygens (including phenoxy) is 1. The number of benzene rings is 3. The van der Waals surface area contributed by atoms with Crippen LogP contribution in [0.25, 0.3) is 12.2 Å². The lowest BCUT2D eigenvalue weighted by Gasteiger charge is -2.20. The molecule has 3 aromatic carbocycles. The first-order valence-electron chi connectivity index (χ1n) is 9.02. The Kier molecular flexibility index (Phi) is 6.09. The highest BCUT2D eigenvalue weighted by Crippen LogP contribution is 2.24. The third-order valence-electron chi connectivity index (χ3n) is 4.52. The summed E-state index contributed by atoms with van der Waals surface area (Å²) in [5, 5.41) is 9.66. The van der Waals surface area contributed by atoms with E-state index in [0.717, 1.165) is 16.9 Å². The Hall–Kier alpha value is -3.86. The van der Waals surface area contributed by atoms with E-state index < -0.39 is 5.97 Å². The van der Waals surface area contributed by atoms with Gasteiger partial charge in [0.15, 0.2) is 0 Å². The SMILES string of the molecule is COc1ccc(/C=C/c2ccc(N(C)C(=O)c3ccccc3)c(C(=O)O)c2)cc1. The maximum atomic E-state index is 12.7. The van der Waals surface area contributed by atoms with Crippen LogP contribution in [0.15, 0.2) is 72.8 Å². The summed E-state index contributed by atoms with van der Waals surface area (Å²) in [4.78, 5) is 25.8. The summed E-state index contributed by atoms with van der Waals surface area (Å²) in [6, 6.07) is 21.3. The molecule has 0 aliphatic rings. The smallest absolute Gasteiger partial charge is 0.337 e. The van der Waals surface area contributed by atoms with E-state index >= 15 is 0 Å². The summed E-state index contributed by atoms with van der Waals surface area (Å²) in [6.45, 7) is 0. The number of amides is 1. The second kappa shape index (κ2) is 8.89. The highest BCUT2D eigenvalue weighted by molar-refractivity contribution is 6.09. The topological polar surface area (TPSA) is 66.8 Å². The minimum atomic E-state index is -1.09. The fraction of sp³-hybridized carbons (Fsp3) is 0.0833. The molecule has 0 aliphatic heterocycles. The van der Waals surface area contributed by atoms with E-state index in [2.05, 4.69) is 0 Å². The van der Waals surface area contributed by atoms with Gasteiger partial charge in [-0.05, 0) is 47.5 Å². The van der Waals surface area contributed by atoms with E-state index in [-0.39, 0.29) is 11.5 Å². The predicted molar refractivity (Wildman–Crippen MR) is 114 cm³/mol. The Balaban J connectivity index is 1.87. The fourth-order valence-corrected chi connectivity index (χ4v) is 2.91. The van der Waals surface area contributed by atoms with Gasteiger partial charge in [-0.25, -0.2) is 4.79 Å². The number of hydrogen-bond acceptors (Lipinski definition) is 3. The predicted octanol–water partition coefficient (Wildman–Crippen LogP) is 4.84. The number of aromatic carboxylic acids is 1. The first kappa shape index (κ1) is 19.9. The number of carboxylic acids is 1. The first-order chi connectivity index (χ1) is 14.0. The maximum Gasteiger partial charge on any atom is 0.337 e. The van der Waals surface area contributed by atoms with Crippen molar-refractivity contribution in [3.63, 3.8) is 0 Å². The maximum absolute atomic E-state index is 12.7. The van der Waals surface area contributed by atoms with Crippen molar-refractivity contribution in [2.24, 2.45) is 0 Å². The molecule has 29 heavy (non-hydrogen) atoms. The van der Waals surface area contributed by atoms with E-state index in [1.54, 1.807) is 56.6 Å². The molecule has 0 aliphatic carbocycles. The Morgan fingerprint density at radius 1 is 0.897 bits per heavy atom. The first-order valence-corrected chi connectivity index (χ1v) is 9.02. The average molecular weight is 387 g/mol. The van der Waals surface area contributed by atoms with Gasteiger partial charge in [-0.3, -0.25) is 4.79 Å². The lowest BCUT2D eigenvalue weighted by Crippen LogP contribution is -2.27. The van der Waals surface area contributed by atoms with Crippen molar-refractivity contribution in [2.75, 3.05) is 19.1 Å². The number of carbonyl (C=O) groups is 2. The van der Waals surface area contributed by atoms with E-state index in [1.807, 2.05) is 42.5 Å². The highest BCUT2D eigenvalue weighted by atomic mass is 16.5. The van der Waals surface area contributed by atoms with Crippen molar-refractivity contribution < 1.29 is 19.4 Å². The van der Waals surface area contributed by atoms with Gasteiger partial charge < -0.3 is 14.7 Å². The van der Waals surface area contributed by atoms with Gasteiger partial charge >= 0.3 is 5.97 Å². The summed E-state index contributed by atoms with van der Waals surface area (Å²) in [6.07, 6.45) is 3.72. The second-order valence-electron chi connectivity index (χ2n) is 6.42. The molecular weight excluding hydrogens is 366 g/mol. The minimum Gasteiger partial charge on any atom is -0.497 e. The minimum absolute atomic E-state index is 0.0636. The van der Waals surface area contributed by atoms with Crippen molar-refractivity contribution in [1.82, 2.24) is 0 Å². The summed E-state index contributed by atoms with van der Waals surface area (Å²) in [5.74, 6) is -0.590. The number of carbonyl (C=O) groups excluding carboxylic acids is 1. The summed E-state index contributed by atoms with van der Waals surface area (Å²) < 4.78 is 5.14. The molecule has 0 heterocycles. The van der Waals surface area contributed by atoms with Crippen LogP contribution in [-0.4, -0.2) is 31.1 Å². The summed E-state index contributed by atoms with van der Waals surface area (Å²) >= 11 is 0. The van der Waals surface area contributed by atoms with Crippen LogP contribution in [0, 0.1) is 0 Å². The number of hydrogen-bond donors (Lipinski definition) is 1. The van der Waals surface area contributed by atoms with Gasteiger partial charge in [0.1, 0.15) is 5.75 Å². The zero-order valence-electron chi connectivity index (χ0n) is 16.2. The second-order valence-corrected chi connectivity index (χ2v) is 6.42. The molecule has 0 unspecified atom stereocenters. The van der Waals surface area contributed by atoms with Crippen LogP contribution >= 0.6 is 0 Å². The van der Waals surface area contributed by atoms with Crippen LogP contribution < -0.4 is 9.64 Å². The summed E-state index contributed by atoms with van der Waals surface area (Å²) in [5.41, 5.74) is 2.59. The molecule has 0 fully saturated rings. The molecule has 3 rings (SSSR count). The van der Waals surface area contributed by atoms with Crippen LogP contribution in [0.3, 0.4) is 0 Å². The Labute approximate surface area is 169 Å². The quantitative estimate of drug-likeness (QED) is 0.615. The fourth-order valence-electron chi connectivity index (χ4n) is 2.91. The molecule has 1 N–H and O–H groups in total. The third kappa shape index (κ3) is 4.71. The van der Waals surface area contributed by atoms with Gasteiger partial charge in [0.05, 0.1) is 18.4 Å². The van der Waals surface area contributed by atoms with Crippen LogP contribution in [0.1, 0.15) is 31.8 Å². The van der Waals surface area contributed by atoms with Gasteiger partial charge in [0, 0.05) is 12.6 Å². The molecule has 0 saturated heterocycles. The van der Waals surface area contributed by atoms with E-state index in [9.17, 15) is 14.7 Å². The zero-order valence-corrected chi connectivity index (χ0v) is 16.2. The molecule has 0 spiro atoms. The molecule has 5 heteroatoms. The molecule has 0 bridgehead atoms. The van der Waals surface area contributed by atoms with E-state index in [4.69, 9.17) is 4.74 Å². The Morgan fingerprint density at radius 2 is 1.52 bits per heavy atom. The molecule has 0 radical (unpaired) electrons. The number of nitrogens with zero attached hydrogens (tertiary/aromatic N) is 1. The lowest BCUT2D eigenvalue weighted by atomic mass is 10.1. The standard InChI is InChI=1S/C24H21NO4/c1-25(23(26)19-6-4-3-5-7-19)22-15-12-18(16-21(22)24(27)28)9-8-17-10-13-20(29-2)14-11-17/h3-16H,1-2H3,(H,27,28)/b9-8+. The molecule has 1 amide bonds. The molecule has 3 aromatic rings. The molecule has 0 atom stereocenters.